The lowest BCUT2D eigenvalue weighted by atomic mass is 10.1. The molecule has 0 heterocycles. The summed E-state index contributed by atoms with van der Waals surface area (Å²) >= 11 is 0. The monoisotopic (exact) mass is 416 g/mol. The van der Waals surface area contributed by atoms with Crippen LogP contribution in [-0.2, 0) is 17.8 Å². The summed E-state index contributed by atoms with van der Waals surface area (Å²) in [7, 11) is 5.32. The van der Waals surface area contributed by atoms with Gasteiger partial charge in [-0.05, 0) is 44.2 Å². The molecule has 6 nitrogen and oxygen atoms in total. The van der Waals surface area contributed by atoms with Crippen molar-refractivity contribution in [3.63, 3.8) is 0 Å². The molecule has 30 heavy (non-hydrogen) atoms. The summed E-state index contributed by atoms with van der Waals surface area (Å²) < 4.78 is 16.7. The highest BCUT2D eigenvalue weighted by atomic mass is 16.5. The lowest BCUT2D eigenvalue weighted by Gasteiger charge is -2.23. The van der Waals surface area contributed by atoms with Gasteiger partial charge in [0, 0.05) is 33.3 Å². The van der Waals surface area contributed by atoms with Crippen molar-refractivity contribution in [2.45, 2.75) is 38.6 Å². The van der Waals surface area contributed by atoms with Crippen LogP contribution in [0.1, 0.15) is 25.0 Å². The molecule has 0 radical (unpaired) electrons. The van der Waals surface area contributed by atoms with Gasteiger partial charge in [0.1, 0.15) is 12.7 Å². The fraction of sp³-hybridized carbons (Fsp3) is 0.500. The summed E-state index contributed by atoms with van der Waals surface area (Å²) in [5, 5.41) is 13.8. The van der Waals surface area contributed by atoms with Gasteiger partial charge in [-0.2, -0.15) is 0 Å². The van der Waals surface area contributed by atoms with Gasteiger partial charge in [-0.15, -0.1) is 0 Å². The van der Waals surface area contributed by atoms with Gasteiger partial charge in [0.2, 0.25) is 0 Å². The lowest BCUT2D eigenvalue weighted by molar-refractivity contribution is 0.0230. The minimum Gasteiger partial charge on any atom is -0.493 e. The molecule has 0 aromatic heterocycles. The molecule has 0 spiro atoms. The summed E-state index contributed by atoms with van der Waals surface area (Å²) in [5.74, 6) is 1.29. The van der Waals surface area contributed by atoms with E-state index in [1.165, 1.54) is 5.56 Å². The van der Waals surface area contributed by atoms with Gasteiger partial charge in [-0.25, -0.2) is 0 Å². The first-order valence-electron chi connectivity index (χ1n) is 10.3. The van der Waals surface area contributed by atoms with Gasteiger partial charge >= 0.3 is 0 Å². The van der Waals surface area contributed by atoms with E-state index in [1.807, 2.05) is 57.3 Å². The highest BCUT2D eigenvalue weighted by Crippen LogP contribution is 2.28. The molecule has 0 bridgehead atoms. The van der Waals surface area contributed by atoms with Gasteiger partial charge in [-0.1, -0.05) is 36.4 Å². The molecule has 0 saturated carbocycles. The first-order valence-corrected chi connectivity index (χ1v) is 10.3. The Morgan fingerprint density at radius 1 is 1.03 bits per heavy atom. The van der Waals surface area contributed by atoms with Crippen molar-refractivity contribution >= 4 is 0 Å². The topological polar surface area (TPSA) is 63.2 Å². The number of hydrogen-bond acceptors (Lipinski definition) is 6. The lowest BCUT2D eigenvalue weighted by Crippen LogP contribution is -2.36. The van der Waals surface area contributed by atoms with Crippen LogP contribution >= 0.6 is 0 Å². The first kappa shape index (κ1) is 24.2. The van der Waals surface area contributed by atoms with E-state index >= 15 is 0 Å². The van der Waals surface area contributed by atoms with Crippen molar-refractivity contribution in [1.29, 1.82) is 0 Å². The predicted octanol–water partition coefficient (Wildman–Crippen LogP) is 3.08. The van der Waals surface area contributed by atoms with Crippen molar-refractivity contribution in [2.24, 2.45) is 0 Å². The first-order chi connectivity index (χ1) is 14.3. The fourth-order valence-corrected chi connectivity index (χ4v) is 3.08. The van der Waals surface area contributed by atoms with E-state index in [0.717, 1.165) is 18.7 Å². The van der Waals surface area contributed by atoms with E-state index in [2.05, 4.69) is 22.3 Å². The minimum atomic E-state index is -0.604. The van der Waals surface area contributed by atoms with Crippen LogP contribution in [0.5, 0.6) is 11.5 Å². The molecule has 0 aliphatic carbocycles. The number of aliphatic hydroxyl groups is 1. The minimum absolute atomic E-state index is 0.197. The molecular weight excluding hydrogens is 380 g/mol. The van der Waals surface area contributed by atoms with Crippen LogP contribution in [0.4, 0.5) is 0 Å². The number of nitrogens with zero attached hydrogens (tertiary/aromatic N) is 1. The van der Waals surface area contributed by atoms with E-state index in [1.54, 1.807) is 14.2 Å². The average molecular weight is 417 g/mol. The second-order valence-corrected chi connectivity index (χ2v) is 8.20. The maximum absolute atomic E-state index is 10.4. The largest absolute Gasteiger partial charge is 0.493 e. The van der Waals surface area contributed by atoms with E-state index < -0.39 is 6.10 Å². The molecule has 166 valence electrons. The SMILES string of the molecule is COc1ccc(CNCC(C)(C)OC)cc1OCC(O)CN(C)Cc1ccccc1. The number of methoxy groups -OCH3 is 2. The number of ether oxygens (including phenoxy) is 3. The number of benzene rings is 2. The maximum Gasteiger partial charge on any atom is 0.161 e. The van der Waals surface area contributed by atoms with E-state index in [-0.39, 0.29) is 12.2 Å². The molecule has 0 saturated heterocycles. The molecule has 0 fully saturated rings. The molecule has 2 rings (SSSR count). The van der Waals surface area contributed by atoms with Crippen LogP contribution in [0.25, 0.3) is 0 Å². The van der Waals surface area contributed by atoms with E-state index in [0.29, 0.717) is 24.6 Å². The Labute approximate surface area is 180 Å². The highest BCUT2D eigenvalue weighted by Gasteiger charge is 2.16. The van der Waals surface area contributed by atoms with Gasteiger partial charge in [0.25, 0.3) is 0 Å². The Morgan fingerprint density at radius 2 is 1.77 bits per heavy atom. The summed E-state index contributed by atoms with van der Waals surface area (Å²) in [6.45, 7) is 7.00. The number of hydrogen-bond donors (Lipinski definition) is 2. The summed E-state index contributed by atoms with van der Waals surface area (Å²) in [6, 6.07) is 16.0. The number of rotatable bonds is 13. The van der Waals surface area contributed by atoms with Crippen molar-refractivity contribution in [3.8, 4) is 11.5 Å². The summed E-state index contributed by atoms with van der Waals surface area (Å²) in [5.41, 5.74) is 2.07. The second-order valence-electron chi connectivity index (χ2n) is 8.20. The van der Waals surface area contributed by atoms with E-state index in [9.17, 15) is 5.11 Å². The number of aliphatic hydroxyl groups excluding tert-OH is 1. The average Bonchev–Trinajstić information content (AvgIpc) is 2.73. The van der Waals surface area contributed by atoms with Crippen LogP contribution < -0.4 is 14.8 Å². The second kappa shape index (κ2) is 11.9. The normalized spacial score (nSPS) is 12.8. The number of nitrogens with one attached hydrogen (secondary N) is 1. The molecule has 2 aromatic rings. The Kier molecular flexibility index (Phi) is 9.59. The maximum atomic E-state index is 10.4. The standard InChI is InChI=1S/C24H36N2O4/c1-24(2,29-5)18-25-14-20-11-12-22(28-4)23(13-20)30-17-21(27)16-26(3)15-19-9-7-6-8-10-19/h6-13,21,25,27H,14-18H2,1-5H3. The van der Waals surface area contributed by atoms with Crippen molar-refractivity contribution in [2.75, 3.05) is 41.0 Å². The smallest absolute Gasteiger partial charge is 0.161 e. The molecule has 0 aliphatic rings. The predicted molar refractivity (Wildman–Crippen MR) is 120 cm³/mol. The zero-order valence-electron chi connectivity index (χ0n) is 18.9. The van der Waals surface area contributed by atoms with Crippen LogP contribution in [0, 0.1) is 0 Å². The fourth-order valence-electron chi connectivity index (χ4n) is 3.08. The zero-order valence-corrected chi connectivity index (χ0v) is 18.9. The van der Waals surface area contributed by atoms with E-state index in [4.69, 9.17) is 14.2 Å². The molecule has 0 aliphatic heterocycles. The summed E-state index contributed by atoms with van der Waals surface area (Å²) in [6.07, 6.45) is -0.604. The summed E-state index contributed by atoms with van der Waals surface area (Å²) in [4.78, 5) is 2.08. The zero-order chi connectivity index (χ0) is 22.0. The molecule has 1 atom stereocenters. The van der Waals surface area contributed by atoms with Gasteiger partial charge < -0.3 is 24.6 Å². The molecule has 0 amide bonds. The Morgan fingerprint density at radius 3 is 2.43 bits per heavy atom. The van der Waals surface area contributed by atoms with Crippen molar-refractivity contribution in [1.82, 2.24) is 10.2 Å². The molecular formula is C24H36N2O4. The van der Waals surface area contributed by atoms with Crippen LogP contribution in [0.15, 0.2) is 48.5 Å². The molecule has 1 unspecified atom stereocenters. The van der Waals surface area contributed by atoms with Crippen LogP contribution in [0.3, 0.4) is 0 Å². The third-order valence-electron chi connectivity index (χ3n) is 4.91. The van der Waals surface area contributed by atoms with Crippen molar-refractivity contribution in [3.05, 3.63) is 59.7 Å². The van der Waals surface area contributed by atoms with Gasteiger partial charge in [0.15, 0.2) is 11.5 Å². The highest BCUT2D eigenvalue weighted by molar-refractivity contribution is 5.43. The Balaban J connectivity index is 1.86. The van der Waals surface area contributed by atoms with Crippen LogP contribution in [-0.4, -0.2) is 62.7 Å². The number of likely N-dealkylation sites (N-methyl/N-ethyl adjacent to an activating group) is 1. The van der Waals surface area contributed by atoms with Crippen molar-refractivity contribution < 1.29 is 19.3 Å². The Bertz CT molecular complexity index is 752. The third-order valence-corrected chi connectivity index (χ3v) is 4.91. The Hall–Kier alpha value is -2.12. The van der Waals surface area contributed by atoms with Crippen LogP contribution in [0.2, 0.25) is 0 Å². The molecule has 2 N–H and O–H groups in total. The molecule has 2 aromatic carbocycles. The van der Waals surface area contributed by atoms with Gasteiger partial charge in [0.05, 0.1) is 12.7 Å². The molecule has 6 heteroatoms. The third kappa shape index (κ3) is 8.32. The van der Waals surface area contributed by atoms with Gasteiger partial charge in [-0.3, -0.25) is 4.90 Å². The quantitative estimate of drug-likeness (QED) is 0.523.